The van der Waals surface area contributed by atoms with Gasteiger partial charge in [-0.15, -0.1) is 0 Å². The quantitative estimate of drug-likeness (QED) is 0.888. The minimum atomic E-state index is -0.402. The Kier molecular flexibility index (Phi) is 5.41. The summed E-state index contributed by atoms with van der Waals surface area (Å²) in [5.74, 6) is -0.619. The zero-order valence-corrected chi connectivity index (χ0v) is 13.5. The van der Waals surface area contributed by atoms with E-state index in [-0.39, 0.29) is 17.6 Å². The van der Waals surface area contributed by atoms with Crippen LogP contribution in [0.15, 0.2) is 36.7 Å². The van der Waals surface area contributed by atoms with E-state index < -0.39 is 5.91 Å². The molecule has 120 valence electrons. The van der Waals surface area contributed by atoms with Crippen molar-refractivity contribution in [3.63, 3.8) is 0 Å². The number of benzene rings is 1. The number of anilines is 1. The monoisotopic (exact) mass is 312 g/mol. The Morgan fingerprint density at radius 2 is 1.87 bits per heavy atom. The molecule has 2 N–H and O–H groups in total. The number of rotatable bonds is 5. The first-order valence-corrected chi connectivity index (χ1v) is 7.51. The van der Waals surface area contributed by atoms with Gasteiger partial charge in [-0.05, 0) is 32.4 Å². The molecule has 23 heavy (non-hydrogen) atoms. The van der Waals surface area contributed by atoms with Crippen molar-refractivity contribution in [1.82, 2.24) is 15.3 Å². The largest absolute Gasteiger partial charge is 0.350 e. The topological polar surface area (TPSA) is 84.0 Å². The fourth-order valence-corrected chi connectivity index (χ4v) is 1.89. The van der Waals surface area contributed by atoms with Crippen molar-refractivity contribution < 1.29 is 9.59 Å². The van der Waals surface area contributed by atoms with E-state index >= 15 is 0 Å². The summed E-state index contributed by atoms with van der Waals surface area (Å²) >= 11 is 0. The van der Waals surface area contributed by atoms with Crippen LogP contribution in [-0.2, 0) is 0 Å². The van der Waals surface area contributed by atoms with Gasteiger partial charge in [0, 0.05) is 12.2 Å². The number of para-hydroxylation sites is 1. The summed E-state index contributed by atoms with van der Waals surface area (Å²) in [5.41, 5.74) is 1.80. The average molecular weight is 312 g/mol. The summed E-state index contributed by atoms with van der Waals surface area (Å²) in [6, 6.07) is 6.94. The minimum Gasteiger partial charge on any atom is -0.350 e. The zero-order valence-electron chi connectivity index (χ0n) is 13.5. The molecule has 0 radical (unpaired) electrons. The number of nitrogens with zero attached hydrogens (tertiary/aromatic N) is 2. The van der Waals surface area contributed by atoms with Gasteiger partial charge in [-0.2, -0.15) is 0 Å². The SMILES string of the molecule is CC[C@H](C)NC(=O)c1ccccc1NC(=O)c1cnc(C)cn1. The Bertz CT molecular complexity index is 698. The second-order valence-electron chi connectivity index (χ2n) is 5.33. The highest BCUT2D eigenvalue weighted by Gasteiger charge is 2.15. The number of hydrogen-bond donors (Lipinski definition) is 2. The Balaban J connectivity index is 2.18. The first-order valence-electron chi connectivity index (χ1n) is 7.51. The molecule has 2 aromatic rings. The molecule has 0 aliphatic rings. The maximum Gasteiger partial charge on any atom is 0.275 e. The van der Waals surface area contributed by atoms with Gasteiger partial charge in [0.1, 0.15) is 5.69 Å². The molecule has 0 aliphatic carbocycles. The number of nitrogens with one attached hydrogen (secondary N) is 2. The summed E-state index contributed by atoms with van der Waals surface area (Å²) in [6.45, 7) is 5.72. The molecule has 0 saturated carbocycles. The summed E-state index contributed by atoms with van der Waals surface area (Å²) in [5, 5.41) is 5.60. The number of aryl methyl sites for hydroxylation is 1. The van der Waals surface area contributed by atoms with Gasteiger partial charge >= 0.3 is 0 Å². The van der Waals surface area contributed by atoms with Crippen molar-refractivity contribution >= 4 is 17.5 Å². The van der Waals surface area contributed by atoms with Crippen LogP contribution in [0.5, 0.6) is 0 Å². The maximum atomic E-state index is 12.3. The first kappa shape index (κ1) is 16.6. The Hall–Kier alpha value is -2.76. The molecule has 0 saturated heterocycles. The summed E-state index contributed by atoms with van der Waals surface area (Å²) in [6.07, 6.45) is 3.77. The van der Waals surface area contributed by atoms with Gasteiger partial charge in [0.25, 0.3) is 11.8 Å². The van der Waals surface area contributed by atoms with Gasteiger partial charge < -0.3 is 10.6 Å². The van der Waals surface area contributed by atoms with E-state index in [1.165, 1.54) is 12.4 Å². The average Bonchev–Trinajstić information content (AvgIpc) is 2.55. The van der Waals surface area contributed by atoms with E-state index in [2.05, 4.69) is 20.6 Å². The molecule has 0 fully saturated rings. The summed E-state index contributed by atoms with van der Waals surface area (Å²) < 4.78 is 0. The fraction of sp³-hybridized carbons (Fsp3) is 0.294. The van der Waals surface area contributed by atoms with E-state index in [1.54, 1.807) is 31.2 Å². The van der Waals surface area contributed by atoms with Gasteiger partial charge in [0.15, 0.2) is 0 Å². The molecule has 1 aromatic carbocycles. The molecule has 0 unspecified atom stereocenters. The summed E-state index contributed by atoms with van der Waals surface area (Å²) in [4.78, 5) is 32.6. The lowest BCUT2D eigenvalue weighted by Crippen LogP contribution is -2.32. The van der Waals surface area contributed by atoms with Crippen molar-refractivity contribution in [2.24, 2.45) is 0 Å². The van der Waals surface area contributed by atoms with Crippen LogP contribution in [-0.4, -0.2) is 27.8 Å². The first-order chi connectivity index (χ1) is 11.0. The number of hydrogen-bond acceptors (Lipinski definition) is 4. The number of carbonyl (C=O) groups excluding carboxylic acids is 2. The standard InChI is InChI=1S/C17H20N4O2/c1-4-11(2)20-16(22)13-7-5-6-8-14(13)21-17(23)15-10-18-12(3)9-19-15/h5-11H,4H2,1-3H3,(H,20,22)(H,21,23)/t11-/m0/s1. The highest BCUT2D eigenvalue weighted by molar-refractivity contribution is 6.08. The van der Waals surface area contributed by atoms with Crippen LogP contribution in [0, 0.1) is 6.92 Å². The van der Waals surface area contributed by atoms with Crippen molar-refractivity contribution in [1.29, 1.82) is 0 Å². The lowest BCUT2D eigenvalue weighted by atomic mass is 10.1. The Labute approximate surface area is 135 Å². The molecule has 0 spiro atoms. The Morgan fingerprint density at radius 1 is 1.13 bits per heavy atom. The molecular formula is C17H20N4O2. The van der Waals surface area contributed by atoms with E-state index in [9.17, 15) is 9.59 Å². The molecule has 0 aliphatic heterocycles. The van der Waals surface area contributed by atoms with Gasteiger partial charge in [0.05, 0.1) is 23.1 Å². The van der Waals surface area contributed by atoms with Crippen molar-refractivity contribution in [3.8, 4) is 0 Å². The molecular weight excluding hydrogens is 292 g/mol. The minimum absolute atomic E-state index is 0.0641. The molecule has 2 amide bonds. The van der Waals surface area contributed by atoms with Crippen LogP contribution in [0.2, 0.25) is 0 Å². The molecule has 0 bridgehead atoms. The highest BCUT2D eigenvalue weighted by atomic mass is 16.2. The van der Waals surface area contributed by atoms with E-state index in [4.69, 9.17) is 0 Å². The maximum absolute atomic E-state index is 12.3. The lowest BCUT2D eigenvalue weighted by molar-refractivity contribution is 0.0940. The van der Waals surface area contributed by atoms with Crippen LogP contribution < -0.4 is 10.6 Å². The number of amides is 2. The van der Waals surface area contributed by atoms with Crippen LogP contribution in [0.25, 0.3) is 0 Å². The van der Waals surface area contributed by atoms with Crippen LogP contribution in [0.4, 0.5) is 5.69 Å². The predicted octanol–water partition coefficient (Wildman–Crippen LogP) is 2.57. The predicted molar refractivity (Wildman–Crippen MR) is 88.4 cm³/mol. The molecule has 1 heterocycles. The van der Waals surface area contributed by atoms with E-state index in [1.807, 2.05) is 13.8 Å². The van der Waals surface area contributed by atoms with Gasteiger partial charge in [0.2, 0.25) is 0 Å². The van der Waals surface area contributed by atoms with Crippen LogP contribution >= 0.6 is 0 Å². The highest BCUT2D eigenvalue weighted by Crippen LogP contribution is 2.16. The van der Waals surface area contributed by atoms with Crippen molar-refractivity contribution in [2.75, 3.05) is 5.32 Å². The van der Waals surface area contributed by atoms with Gasteiger partial charge in [-0.3, -0.25) is 14.6 Å². The van der Waals surface area contributed by atoms with Crippen LogP contribution in [0.3, 0.4) is 0 Å². The van der Waals surface area contributed by atoms with Crippen molar-refractivity contribution in [3.05, 3.63) is 53.6 Å². The van der Waals surface area contributed by atoms with E-state index in [0.717, 1.165) is 12.1 Å². The third kappa shape index (κ3) is 4.35. The van der Waals surface area contributed by atoms with Crippen LogP contribution in [0.1, 0.15) is 46.8 Å². The second kappa shape index (κ2) is 7.49. The van der Waals surface area contributed by atoms with Gasteiger partial charge in [-0.1, -0.05) is 19.1 Å². The normalized spacial score (nSPS) is 11.6. The second-order valence-corrected chi connectivity index (χ2v) is 5.33. The molecule has 6 heteroatoms. The molecule has 1 atom stereocenters. The summed E-state index contributed by atoms with van der Waals surface area (Å²) in [7, 11) is 0. The molecule has 6 nitrogen and oxygen atoms in total. The third-order valence-electron chi connectivity index (χ3n) is 3.42. The number of aromatic nitrogens is 2. The third-order valence-corrected chi connectivity index (χ3v) is 3.42. The van der Waals surface area contributed by atoms with E-state index in [0.29, 0.717) is 11.3 Å². The van der Waals surface area contributed by atoms with Crippen molar-refractivity contribution in [2.45, 2.75) is 33.2 Å². The number of carbonyl (C=O) groups is 2. The molecule has 1 aromatic heterocycles. The lowest BCUT2D eigenvalue weighted by Gasteiger charge is -2.14. The smallest absolute Gasteiger partial charge is 0.275 e. The van der Waals surface area contributed by atoms with Gasteiger partial charge in [-0.25, -0.2) is 4.98 Å². The molecule has 2 rings (SSSR count). The zero-order chi connectivity index (χ0) is 16.8. The fourth-order valence-electron chi connectivity index (χ4n) is 1.89. The Morgan fingerprint density at radius 3 is 2.52 bits per heavy atom.